The van der Waals surface area contributed by atoms with Crippen LogP contribution in [-0.2, 0) is 19.1 Å². The van der Waals surface area contributed by atoms with Crippen LogP contribution in [0.15, 0.2) is 48.5 Å². The lowest BCUT2D eigenvalue weighted by molar-refractivity contribution is -0.152. The minimum Gasteiger partial charge on any atom is -0.497 e. The van der Waals surface area contributed by atoms with Crippen molar-refractivity contribution in [2.45, 2.75) is 20.0 Å². The average Bonchev–Trinajstić information content (AvgIpc) is 2.73. The first-order valence-corrected chi connectivity index (χ1v) is 9.08. The smallest absolute Gasteiger partial charge is 0.326 e. The molecule has 9 nitrogen and oxygen atoms in total. The molecule has 1 atom stereocenters. The first-order chi connectivity index (χ1) is 14.3. The maximum atomic E-state index is 12.2. The number of anilines is 2. The van der Waals surface area contributed by atoms with Crippen LogP contribution in [0.4, 0.5) is 11.4 Å². The largest absolute Gasteiger partial charge is 0.497 e. The monoisotopic (exact) mass is 413 g/mol. The summed E-state index contributed by atoms with van der Waals surface area (Å²) < 4.78 is 10.1. The van der Waals surface area contributed by atoms with Crippen LogP contribution >= 0.6 is 0 Å². The van der Waals surface area contributed by atoms with Gasteiger partial charge < -0.3 is 25.4 Å². The van der Waals surface area contributed by atoms with Crippen molar-refractivity contribution in [1.82, 2.24) is 5.32 Å². The maximum Gasteiger partial charge on any atom is 0.326 e. The van der Waals surface area contributed by atoms with E-state index in [9.17, 15) is 19.2 Å². The van der Waals surface area contributed by atoms with Gasteiger partial charge in [0, 0.05) is 23.9 Å². The SMILES string of the molecule is COc1ccc(C(=O)NCC(=O)O[C@H](C)C(=O)Nc2ccc(NC(C)=O)cc2)cc1. The second-order valence-corrected chi connectivity index (χ2v) is 6.29. The first-order valence-electron chi connectivity index (χ1n) is 9.08. The number of benzene rings is 2. The zero-order chi connectivity index (χ0) is 22.1. The molecule has 0 radical (unpaired) electrons. The topological polar surface area (TPSA) is 123 Å². The summed E-state index contributed by atoms with van der Waals surface area (Å²) in [7, 11) is 1.52. The highest BCUT2D eigenvalue weighted by molar-refractivity contribution is 5.97. The van der Waals surface area contributed by atoms with Gasteiger partial charge in [-0.3, -0.25) is 19.2 Å². The lowest BCUT2D eigenvalue weighted by Crippen LogP contribution is -2.35. The van der Waals surface area contributed by atoms with E-state index in [2.05, 4.69) is 16.0 Å². The van der Waals surface area contributed by atoms with Crippen LogP contribution in [0.5, 0.6) is 5.75 Å². The molecule has 0 aliphatic carbocycles. The van der Waals surface area contributed by atoms with Crippen molar-refractivity contribution < 1.29 is 28.7 Å². The second kappa shape index (κ2) is 10.6. The molecule has 30 heavy (non-hydrogen) atoms. The second-order valence-electron chi connectivity index (χ2n) is 6.29. The predicted octanol–water partition coefficient (Wildman–Crippen LogP) is 1.95. The number of rotatable bonds is 8. The van der Waals surface area contributed by atoms with Gasteiger partial charge in [0.25, 0.3) is 11.8 Å². The zero-order valence-corrected chi connectivity index (χ0v) is 16.9. The Kier molecular flexibility index (Phi) is 7.92. The van der Waals surface area contributed by atoms with Gasteiger partial charge in [-0.2, -0.15) is 0 Å². The van der Waals surface area contributed by atoms with Gasteiger partial charge in [-0.1, -0.05) is 0 Å². The molecule has 0 saturated heterocycles. The summed E-state index contributed by atoms with van der Waals surface area (Å²) in [5, 5.41) is 7.65. The summed E-state index contributed by atoms with van der Waals surface area (Å²) in [6.45, 7) is 2.43. The summed E-state index contributed by atoms with van der Waals surface area (Å²) in [5.41, 5.74) is 1.43. The molecule has 9 heteroatoms. The molecule has 0 aliphatic heterocycles. The molecular formula is C21H23N3O6. The normalized spacial score (nSPS) is 11.0. The van der Waals surface area contributed by atoms with E-state index in [1.165, 1.54) is 21.0 Å². The Balaban J connectivity index is 1.79. The van der Waals surface area contributed by atoms with Gasteiger partial charge >= 0.3 is 5.97 Å². The first kappa shape index (κ1) is 22.4. The number of nitrogens with one attached hydrogen (secondary N) is 3. The van der Waals surface area contributed by atoms with E-state index >= 15 is 0 Å². The lowest BCUT2D eigenvalue weighted by atomic mass is 10.2. The predicted molar refractivity (Wildman–Crippen MR) is 110 cm³/mol. The molecule has 2 rings (SSSR count). The Labute approximate surface area is 173 Å². The molecule has 158 valence electrons. The number of carbonyl (C=O) groups is 4. The van der Waals surface area contributed by atoms with Gasteiger partial charge in [-0.15, -0.1) is 0 Å². The number of esters is 1. The highest BCUT2D eigenvalue weighted by atomic mass is 16.5. The number of methoxy groups -OCH3 is 1. The minimum atomic E-state index is -1.06. The van der Waals surface area contributed by atoms with Crippen LogP contribution in [-0.4, -0.2) is 43.4 Å². The molecule has 3 amide bonds. The van der Waals surface area contributed by atoms with Gasteiger partial charge in [0.05, 0.1) is 7.11 Å². The molecular weight excluding hydrogens is 390 g/mol. The van der Waals surface area contributed by atoms with Gasteiger partial charge in [0.15, 0.2) is 6.10 Å². The van der Waals surface area contributed by atoms with E-state index in [1.54, 1.807) is 48.5 Å². The van der Waals surface area contributed by atoms with Gasteiger partial charge in [0.2, 0.25) is 5.91 Å². The molecule has 0 fully saturated rings. The number of ether oxygens (including phenoxy) is 2. The van der Waals surface area contributed by atoms with Gasteiger partial charge in [-0.05, 0) is 55.5 Å². The molecule has 0 heterocycles. The molecule has 0 saturated carbocycles. The molecule has 0 bridgehead atoms. The van der Waals surface area contributed by atoms with E-state index in [-0.39, 0.29) is 12.5 Å². The Morgan fingerprint density at radius 3 is 2.00 bits per heavy atom. The summed E-state index contributed by atoms with van der Waals surface area (Å²) in [6.07, 6.45) is -1.06. The maximum absolute atomic E-state index is 12.2. The molecule has 3 N–H and O–H groups in total. The summed E-state index contributed by atoms with van der Waals surface area (Å²) in [5.74, 6) is -1.33. The van der Waals surface area contributed by atoms with Crippen LogP contribution in [0.3, 0.4) is 0 Å². The molecule has 0 aromatic heterocycles. The van der Waals surface area contributed by atoms with Crippen molar-refractivity contribution in [2.75, 3.05) is 24.3 Å². The van der Waals surface area contributed by atoms with E-state index in [0.29, 0.717) is 22.7 Å². The van der Waals surface area contributed by atoms with Gasteiger partial charge in [-0.25, -0.2) is 0 Å². The van der Waals surface area contributed by atoms with E-state index in [0.717, 1.165) is 0 Å². The Bertz CT molecular complexity index is 909. The van der Waals surface area contributed by atoms with Crippen molar-refractivity contribution in [2.24, 2.45) is 0 Å². The number of hydrogen-bond donors (Lipinski definition) is 3. The van der Waals surface area contributed by atoms with Crippen molar-refractivity contribution in [3.05, 3.63) is 54.1 Å². The molecule has 0 unspecified atom stereocenters. The number of carbonyl (C=O) groups excluding carboxylic acids is 4. The summed E-state index contributed by atoms with van der Waals surface area (Å²) in [6, 6.07) is 12.8. The molecule has 0 spiro atoms. The van der Waals surface area contributed by atoms with Crippen LogP contribution in [0.1, 0.15) is 24.2 Å². The third-order valence-corrected chi connectivity index (χ3v) is 3.90. The fourth-order valence-corrected chi connectivity index (χ4v) is 2.37. The summed E-state index contributed by atoms with van der Waals surface area (Å²) >= 11 is 0. The quantitative estimate of drug-likeness (QED) is 0.569. The van der Waals surface area contributed by atoms with E-state index in [4.69, 9.17) is 9.47 Å². The third kappa shape index (κ3) is 6.93. The fraction of sp³-hybridized carbons (Fsp3) is 0.238. The summed E-state index contributed by atoms with van der Waals surface area (Å²) in [4.78, 5) is 47.1. The van der Waals surface area contributed by atoms with E-state index in [1.807, 2.05) is 0 Å². The molecule has 0 aliphatic rings. The van der Waals surface area contributed by atoms with Crippen LogP contribution in [0.25, 0.3) is 0 Å². The Morgan fingerprint density at radius 2 is 1.47 bits per heavy atom. The standard InChI is InChI=1S/C21H23N3O6/c1-13(20(27)24-17-8-6-16(7-9-17)23-14(2)25)30-19(26)12-22-21(28)15-4-10-18(29-3)11-5-15/h4-11,13H,12H2,1-3H3,(H,22,28)(H,23,25)(H,24,27)/t13-/m1/s1. The van der Waals surface area contributed by atoms with Crippen LogP contribution in [0.2, 0.25) is 0 Å². The lowest BCUT2D eigenvalue weighted by Gasteiger charge is -2.14. The van der Waals surface area contributed by atoms with E-state index < -0.39 is 23.9 Å². The van der Waals surface area contributed by atoms with Crippen molar-refractivity contribution in [1.29, 1.82) is 0 Å². The fourth-order valence-electron chi connectivity index (χ4n) is 2.37. The zero-order valence-electron chi connectivity index (χ0n) is 16.9. The van der Waals surface area contributed by atoms with Gasteiger partial charge in [0.1, 0.15) is 12.3 Å². The van der Waals surface area contributed by atoms with Crippen molar-refractivity contribution in [3.8, 4) is 5.75 Å². The Morgan fingerprint density at radius 1 is 0.900 bits per heavy atom. The molecule has 2 aromatic rings. The minimum absolute atomic E-state index is 0.202. The Hall–Kier alpha value is -3.88. The van der Waals surface area contributed by atoms with Crippen LogP contribution < -0.4 is 20.7 Å². The highest BCUT2D eigenvalue weighted by Gasteiger charge is 2.18. The van der Waals surface area contributed by atoms with Crippen molar-refractivity contribution >= 4 is 35.1 Å². The number of hydrogen-bond acceptors (Lipinski definition) is 6. The number of amides is 3. The van der Waals surface area contributed by atoms with Crippen LogP contribution in [0, 0.1) is 0 Å². The third-order valence-electron chi connectivity index (χ3n) is 3.90. The highest BCUT2D eigenvalue weighted by Crippen LogP contribution is 2.14. The molecule has 2 aromatic carbocycles. The van der Waals surface area contributed by atoms with Crippen molar-refractivity contribution in [3.63, 3.8) is 0 Å². The average molecular weight is 413 g/mol.